The van der Waals surface area contributed by atoms with Crippen LogP contribution >= 0.6 is 11.8 Å². The second-order valence-electron chi connectivity index (χ2n) is 4.57. The minimum Gasteiger partial charge on any atom is -0.491 e. The number of benzene rings is 1. The predicted molar refractivity (Wildman–Crippen MR) is 76.3 cm³/mol. The van der Waals surface area contributed by atoms with Gasteiger partial charge in [0.1, 0.15) is 18.5 Å². The predicted octanol–water partition coefficient (Wildman–Crippen LogP) is 1.91. The molecule has 2 rings (SSSR count). The highest BCUT2D eigenvalue weighted by atomic mass is 32.2. The van der Waals surface area contributed by atoms with E-state index >= 15 is 0 Å². The molecule has 1 saturated heterocycles. The van der Waals surface area contributed by atoms with Crippen molar-refractivity contribution >= 4 is 11.8 Å². The van der Waals surface area contributed by atoms with Gasteiger partial charge in [-0.15, -0.1) is 0 Å². The van der Waals surface area contributed by atoms with Gasteiger partial charge in [0.25, 0.3) is 0 Å². The van der Waals surface area contributed by atoms with Gasteiger partial charge in [-0.2, -0.15) is 11.8 Å². The van der Waals surface area contributed by atoms with E-state index in [1.165, 1.54) is 24.3 Å². The fourth-order valence-electron chi connectivity index (χ4n) is 1.97. The zero-order valence-corrected chi connectivity index (χ0v) is 11.4. The van der Waals surface area contributed by atoms with Crippen molar-refractivity contribution in [3.05, 3.63) is 30.3 Å². The van der Waals surface area contributed by atoms with E-state index in [4.69, 9.17) is 4.74 Å². The molecule has 0 bridgehead atoms. The van der Waals surface area contributed by atoms with Crippen molar-refractivity contribution in [2.75, 3.05) is 24.7 Å². The van der Waals surface area contributed by atoms with Gasteiger partial charge in [0, 0.05) is 12.6 Å². The number of aliphatic hydroxyl groups is 1. The van der Waals surface area contributed by atoms with Crippen molar-refractivity contribution in [2.45, 2.75) is 25.0 Å². The molecule has 1 aliphatic rings. The number of hydrogen-bond donors (Lipinski definition) is 2. The van der Waals surface area contributed by atoms with Crippen LogP contribution in [0.15, 0.2) is 30.3 Å². The Balaban J connectivity index is 1.61. The number of para-hydroxylation sites is 1. The third kappa shape index (κ3) is 4.88. The molecule has 1 unspecified atom stereocenters. The second kappa shape index (κ2) is 7.67. The molecular formula is C14H21NO2S. The van der Waals surface area contributed by atoms with Gasteiger partial charge in [0.15, 0.2) is 0 Å². The molecule has 100 valence electrons. The van der Waals surface area contributed by atoms with Crippen LogP contribution in [0.2, 0.25) is 0 Å². The summed E-state index contributed by atoms with van der Waals surface area (Å²) >= 11 is 2.01. The van der Waals surface area contributed by atoms with Crippen LogP contribution in [0, 0.1) is 0 Å². The van der Waals surface area contributed by atoms with Crippen LogP contribution in [-0.2, 0) is 0 Å². The molecule has 1 fully saturated rings. The normalized spacial score (nSPS) is 18.5. The molecule has 18 heavy (non-hydrogen) atoms. The Hall–Kier alpha value is -0.710. The van der Waals surface area contributed by atoms with Crippen LogP contribution in [0.4, 0.5) is 0 Å². The van der Waals surface area contributed by atoms with E-state index in [1.54, 1.807) is 0 Å². The Morgan fingerprint density at radius 2 is 2.00 bits per heavy atom. The zero-order valence-electron chi connectivity index (χ0n) is 10.5. The van der Waals surface area contributed by atoms with Gasteiger partial charge in [0.2, 0.25) is 0 Å². The monoisotopic (exact) mass is 267 g/mol. The summed E-state index contributed by atoms with van der Waals surface area (Å²) < 4.78 is 5.51. The van der Waals surface area contributed by atoms with Crippen molar-refractivity contribution < 1.29 is 9.84 Å². The molecule has 1 aromatic rings. The molecule has 2 N–H and O–H groups in total. The smallest absolute Gasteiger partial charge is 0.119 e. The molecule has 0 amide bonds. The number of aliphatic hydroxyl groups excluding tert-OH is 1. The van der Waals surface area contributed by atoms with Crippen LogP contribution in [0.3, 0.4) is 0 Å². The van der Waals surface area contributed by atoms with E-state index < -0.39 is 6.10 Å². The van der Waals surface area contributed by atoms with Crippen molar-refractivity contribution in [1.82, 2.24) is 5.32 Å². The van der Waals surface area contributed by atoms with Gasteiger partial charge in [0.05, 0.1) is 0 Å². The summed E-state index contributed by atoms with van der Waals surface area (Å²) in [4.78, 5) is 0. The van der Waals surface area contributed by atoms with Crippen LogP contribution < -0.4 is 10.1 Å². The Labute approximate surface area is 113 Å². The molecule has 3 nitrogen and oxygen atoms in total. The molecule has 0 saturated carbocycles. The third-order valence-corrected chi connectivity index (χ3v) is 4.10. The summed E-state index contributed by atoms with van der Waals surface area (Å²) in [5.74, 6) is 3.27. The zero-order chi connectivity index (χ0) is 12.6. The van der Waals surface area contributed by atoms with Gasteiger partial charge in [-0.25, -0.2) is 0 Å². The van der Waals surface area contributed by atoms with Crippen LogP contribution in [0.1, 0.15) is 12.8 Å². The average molecular weight is 267 g/mol. The fraction of sp³-hybridized carbons (Fsp3) is 0.571. The Morgan fingerprint density at radius 3 is 2.72 bits per heavy atom. The van der Waals surface area contributed by atoms with E-state index in [0.717, 1.165) is 5.75 Å². The molecule has 1 aliphatic heterocycles. The van der Waals surface area contributed by atoms with Crippen LogP contribution in [0.25, 0.3) is 0 Å². The lowest BCUT2D eigenvalue weighted by atomic mass is 10.1. The van der Waals surface area contributed by atoms with Crippen molar-refractivity contribution in [2.24, 2.45) is 0 Å². The number of hydrogen-bond acceptors (Lipinski definition) is 4. The van der Waals surface area contributed by atoms with Crippen LogP contribution in [-0.4, -0.2) is 41.9 Å². The summed E-state index contributed by atoms with van der Waals surface area (Å²) in [5, 5.41) is 13.3. The van der Waals surface area contributed by atoms with E-state index in [-0.39, 0.29) is 0 Å². The van der Waals surface area contributed by atoms with Gasteiger partial charge in [-0.3, -0.25) is 0 Å². The molecule has 0 aliphatic carbocycles. The van der Waals surface area contributed by atoms with E-state index in [2.05, 4.69) is 5.32 Å². The molecular weight excluding hydrogens is 246 g/mol. The van der Waals surface area contributed by atoms with E-state index in [0.29, 0.717) is 19.2 Å². The van der Waals surface area contributed by atoms with Crippen molar-refractivity contribution in [3.8, 4) is 5.75 Å². The summed E-state index contributed by atoms with van der Waals surface area (Å²) in [5.41, 5.74) is 0. The van der Waals surface area contributed by atoms with Gasteiger partial charge in [-0.1, -0.05) is 18.2 Å². The maximum atomic E-state index is 9.85. The lowest BCUT2D eigenvalue weighted by Crippen LogP contribution is -2.39. The molecule has 0 aromatic heterocycles. The highest BCUT2D eigenvalue weighted by Gasteiger charge is 2.14. The average Bonchev–Trinajstić information content (AvgIpc) is 2.45. The Kier molecular flexibility index (Phi) is 5.84. The van der Waals surface area contributed by atoms with Crippen molar-refractivity contribution in [3.63, 3.8) is 0 Å². The largest absolute Gasteiger partial charge is 0.491 e. The Bertz CT molecular complexity index is 328. The van der Waals surface area contributed by atoms with Gasteiger partial charge >= 0.3 is 0 Å². The Morgan fingerprint density at radius 1 is 1.28 bits per heavy atom. The minimum absolute atomic E-state index is 0.346. The maximum Gasteiger partial charge on any atom is 0.119 e. The minimum atomic E-state index is -0.445. The van der Waals surface area contributed by atoms with Gasteiger partial charge in [-0.05, 0) is 36.5 Å². The fourth-order valence-corrected chi connectivity index (χ4v) is 3.08. The number of thioether (sulfide) groups is 1. The summed E-state index contributed by atoms with van der Waals surface area (Å²) in [6.07, 6.45) is 1.97. The molecule has 0 spiro atoms. The SMILES string of the molecule is OC(CNC1CCSCC1)COc1ccccc1. The maximum absolute atomic E-state index is 9.85. The van der Waals surface area contributed by atoms with Gasteiger partial charge < -0.3 is 15.2 Å². The van der Waals surface area contributed by atoms with E-state index in [9.17, 15) is 5.11 Å². The highest BCUT2D eigenvalue weighted by molar-refractivity contribution is 7.99. The lowest BCUT2D eigenvalue weighted by molar-refractivity contribution is 0.103. The molecule has 0 radical (unpaired) electrons. The van der Waals surface area contributed by atoms with E-state index in [1.807, 2.05) is 42.1 Å². The summed E-state index contributed by atoms with van der Waals surface area (Å²) in [7, 11) is 0. The first-order valence-corrected chi connectivity index (χ1v) is 7.67. The molecule has 4 heteroatoms. The molecule has 1 heterocycles. The number of rotatable bonds is 6. The second-order valence-corrected chi connectivity index (χ2v) is 5.80. The van der Waals surface area contributed by atoms with Crippen LogP contribution in [0.5, 0.6) is 5.75 Å². The molecule has 1 atom stereocenters. The highest BCUT2D eigenvalue weighted by Crippen LogP contribution is 2.16. The topological polar surface area (TPSA) is 41.5 Å². The molecule has 1 aromatic carbocycles. The number of nitrogens with one attached hydrogen (secondary N) is 1. The van der Waals surface area contributed by atoms with Crippen molar-refractivity contribution in [1.29, 1.82) is 0 Å². The third-order valence-electron chi connectivity index (χ3n) is 3.05. The summed E-state index contributed by atoms with van der Waals surface area (Å²) in [6.45, 7) is 0.959. The quantitative estimate of drug-likeness (QED) is 0.826. The first-order valence-electron chi connectivity index (χ1n) is 6.51. The first kappa shape index (κ1) is 13.7. The standard InChI is InChI=1S/C14H21NO2S/c16-13(10-15-12-6-8-18-9-7-12)11-17-14-4-2-1-3-5-14/h1-5,12-13,15-16H,6-11H2. The summed E-state index contributed by atoms with van der Waals surface area (Å²) in [6, 6.07) is 10.2. The lowest BCUT2D eigenvalue weighted by Gasteiger charge is -2.24. The number of ether oxygens (including phenoxy) is 1. The first-order chi connectivity index (χ1) is 8.84.